The van der Waals surface area contributed by atoms with Crippen molar-refractivity contribution in [1.82, 2.24) is 4.90 Å². The molecule has 0 amide bonds. The maximum Gasteiger partial charge on any atom is 0.165 e. The van der Waals surface area contributed by atoms with Crippen LogP contribution in [0, 0.1) is 11.3 Å². The lowest BCUT2D eigenvalue weighted by Crippen LogP contribution is -2.79. The van der Waals surface area contributed by atoms with E-state index < -0.39 is 5.60 Å². The van der Waals surface area contributed by atoms with E-state index in [0.717, 1.165) is 32.4 Å². The summed E-state index contributed by atoms with van der Waals surface area (Å²) in [7, 11) is 1.69. The van der Waals surface area contributed by atoms with Crippen molar-refractivity contribution in [3.05, 3.63) is 48.1 Å². The third-order valence-electron chi connectivity index (χ3n) is 8.77. The van der Waals surface area contributed by atoms with Crippen molar-refractivity contribution in [1.29, 1.82) is 0 Å². The number of phenolic OH excluding ortho intramolecular Hbond substituents is 1. The molecule has 1 N–H and O–H groups in total. The Morgan fingerprint density at radius 2 is 2.28 bits per heavy atom. The third-order valence-corrected chi connectivity index (χ3v) is 8.77. The van der Waals surface area contributed by atoms with Crippen LogP contribution in [0.1, 0.15) is 30.9 Å². The molecule has 1 saturated heterocycles. The van der Waals surface area contributed by atoms with Gasteiger partial charge in [0, 0.05) is 30.7 Å². The van der Waals surface area contributed by atoms with E-state index in [4.69, 9.17) is 9.47 Å². The fourth-order valence-electron chi connectivity index (χ4n) is 7.77. The largest absolute Gasteiger partial charge is 0.504 e. The summed E-state index contributed by atoms with van der Waals surface area (Å²) in [6.07, 6.45) is 8.71. The summed E-state index contributed by atoms with van der Waals surface area (Å²) in [4.78, 5) is 15.4. The van der Waals surface area contributed by atoms with Gasteiger partial charge in [0.05, 0.1) is 11.3 Å². The first-order valence-corrected chi connectivity index (χ1v) is 10.6. The van der Waals surface area contributed by atoms with Gasteiger partial charge in [-0.3, -0.25) is 9.69 Å². The number of carbonyl (C=O) groups excluding carboxylic acids is 1. The number of hydrogen-bond donors (Lipinski definition) is 1. The molecular weight excluding hydrogens is 366 g/mol. The van der Waals surface area contributed by atoms with Crippen molar-refractivity contribution in [2.24, 2.45) is 11.3 Å². The van der Waals surface area contributed by atoms with Crippen molar-refractivity contribution >= 4 is 5.78 Å². The van der Waals surface area contributed by atoms with Crippen LogP contribution in [0.25, 0.3) is 0 Å². The van der Waals surface area contributed by atoms with Crippen LogP contribution in [-0.4, -0.2) is 53.7 Å². The summed E-state index contributed by atoms with van der Waals surface area (Å²) in [5, 5.41) is 10.7. The monoisotopic (exact) mass is 393 g/mol. The van der Waals surface area contributed by atoms with Gasteiger partial charge in [-0.05, 0) is 44.4 Å². The molecule has 4 aliphatic carbocycles. The smallest absolute Gasteiger partial charge is 0.165 e. The van der Waals surface area contributed by atoms with Crippen LogP contribution in [-0.2, 0) is 21.4 Å². The second kappa shape index (κ2) is 5.32. The highest BCUT2D eigenvalue weighted by Crippen LogP contribution is 2.74. The van der Waals surface area contributed by atoms with Crippen molar-refractivity contribution < 1.29 is 19.4 Å². The van der Waals surface area contributed by atoms with Crippen molar-refractivity contribution in [3.63, 3.8) is 0 Å². The van der Waals surface area contributed by atoms with Gasteiger partial charge in [0.25, 0.3) is 0 Å². The van der Waals surface area contributed by atoms with E-state index in [2.05, 4.69) is 29.7 Å². The molecule has 29 heavy (non-hydrogen) atoms. The SMILES string of the molecule is C=CCN1CC[C@]23c4c5ccc(O)c4O[C@@H]2C2(OC)C=CC3(C[C@@H]2C(C)=O)C1C5. The topological polar surface area (TPSA) is 59.0 Å². The van der Waals surface area contributed by atoms with Crippen LogP contribution in [0.5, 0.6) is 11.5 Å². The number of ketones is 1. The Morgan fingerprint density at radius 3 is 3.00 bits per heavy atom. The molecule has 4 bridgehead atoms. The predicted octanol–water partition coefficient (Wildman–Crippen LogP) is 2.76. The summed E-state index contributed by atoms with van der Waals surface area (Å²) in [5.41, 5.74) is 1.16. The average Bonchev–Trinajstić information content (AvgIpc) is 3.08. The van der Waals surface area contributed by atoms with Gasteiger partial charge in [-0.15, -0.1) is 6.58 Å². The maximum atomic E-state index is 12.8. The molecular formula is C24H27NO4. The number of fused-ring (bicyclic) bond motifs is 1. The number of methoxy groups -OCH3 is 1. The van der Waals surface area contributed by atoms with Crippen LogP contribution in [0.3, 0.4) is 0 Å². The highest BCUT2D eigenvalue weighted by atomic mass is 16.6. The molecule has 2 fully saturated rings. The molecule has 2 aliphatic heterocycles. The fraction of sp³-hybridized carbons (Fsp3) is 0.542. The van der Waals surface area contributed by atoms with Gasteiger partial charge in [-0.25, -0.2) is 0 Å². The molecule has 5 nitrogen and oxygen atoms in total. The maximum absolute atomic E-state index is 12.8. The Labute approximate surface area is 171 Å². The van der Waals surface area contributed by atoms with Crippen molar-refractivity contribution in [3.8, 4) is 11.5 Å². The second-order valence-corrected chi connectivity index (χ2v) is 9.47. The Balaban J connectivity index is 1.69. The van der Waals surface area contributed by atoms with Crippen LogP contribution >= 0.6 is 0 Å². The van der Waals surface area contributed by atoms with E-state index in [9.17, 15) is 9.90 Å². The standard InChI is InChI=1S/C24H27NO4/c1-4-10-25-11-9-23-19-15-5-6-17(27)20(19)29-21(23)24(28-3)8-7-22(23,18(25)12-15)13-16(24)14(2)26/h4-8,16,18,21,27H,1,9-13H2,2-3H3/t16-,18?,21+,22?,23+,24?/m1/s1. The van der Waals surface area contributed by atoms with Crippen LogP contribution in [0.2, 0.25) is 0 Å². The molecule has 5 heteroatoms. The number of piperidine rings is 1. The van der Waals surface area contributed by atoms with Gasteiger partial charge in [0.2, 0.25) is 0 Å². The quantitative estimate of drug-likeness (QED) is 0.797. The zero-order valence-electron chi connectivity index (χ0n) is 17.0. The molecule has 1 aromatic rings. The molecule has 2 heterocycles. The lowest BCUT2D eigenvalue weighted by atomic mass is 9.37. The van der Waals surface area contributed by atoms with E-state index in [1.807, 2.05) is 6.08 Å². The molecule has 1 aromatic carbocycles. The molecule has 1 saturated carbocycles. The number of rotatable bonds is 4. The summed E-state index contributed by atoms with van der Waals surface area (Å²) < 4.78 is 12.7. The van der Waals surface area contributed by atoms with E-state index >= 15 is 0 Å². The van der Waals surface area contributed by atoms with Crippen LogP contribution in [0.4, 0.5) is 0 Å². The Kier molecular flexibility index (Phi) is 3.25. The van der Waals surface area contributed by atoms with E-state index in [-0.39, 0.29) is 40.4 Å². The predicted molar refractivity (Wildman–Crippen MR) is 108 cm³/mol. The van der Waals surface area contributed by atoms with Gasteiger partial charge in [0.15, 0.2) is 11.5 Å². The number of carbonyl (C=O) groups is 1. The fourth-order valence-corrected chi connectivity index (χ4v) is 7.77. The summed E-state index contributed by atoms with van der Waals surface area (Å²) in [6, 6.07) is 4.09. The average molecular weight is 393 g/mol. The van der Waals surface area contributed by atoms with Gasteiger partial charge in [0.1, 0.15) is 17.5 Å². The number of ether oxygens (including phenoxy) is 2. The Bertz CT molecular complexity index is 985. The first-order chi connectivity index (χ1) is 13.9. The number of hydrogen-bond acceptors (Lipinski definition) is 5. The minimum Gasteiger partial charge on any atom is -0.504 e. The Morgan fingerprint density at radius 1 is 1.45 bits per heavy atom. The molecule has 2 spiro atoms. The highest BCUT2D eigenvalue weighted by molar-refractivity contribution is 5.82. The number of nitrogens with zero attached hydrogens (tertiary/aromatic N) is 1. The number of benzene rings is 1. The molecule has 7 rings (SSSR count). The lowest BCUT2D eigenvalue weighted by Gasteiger charge is -2.71. The first kappa shape index (κ1) is 17.7. The molecule has 0 aromatic heterocycles. The van der Waals surface area contributed by atoms with E-state index in [1.165, 1.54) is 11.1 Å². The highest BCUT2D eigenvalue weighted by Gasteiger charge is 2.79. The molecule has 6 aliphatic rings. The second-order valence-electron chi connectivity index (χ2n) is 9.47. The molecule has 152 valence electrons. The lowest BCUT2D eigenvalue weighted by molar-refractivity contribution is -0.213. The number of likely N-dealkylation sites (tertiary alicyclic amines) is 1. The van der Waals surface area contributed by atoms with Gasteiger partial charge >= 0.3 is 0 Å². The van der Waals surface area contributed by atoms with Crippen LogP contribution in [0.15, 0.2) is 36.9 Å². The number of phenols is 1. The third kappa shape index (κ3) is 1.68. The van der Waals surface area contributed by atoms with Gasteiger partial charge < -0.3 is 14.6 Å². The first-order valence-electron chi connectivity index (χ1n) is 10.6. The minimum atomic E-state index is -0.793. The molecule has 3 unspecified atom stereocenters. The molecule has 0 radical (unpaired) electrons. The minimum absolute atomic E-state index is 0.147. The van der Waals surface area contributed by atoms with E-state index in [0.29, 0.717) is 5.75 Å². The number of Topliss-reactive ketones (excluding diaryl/α,β-unsaturated/α-hetero) is 1. The van der Waals surface area contributed by atoms with E-state index in [1.54, 1.807) is 20.1 Å². The summed E-state index contributed by atoms with van der Waals surface area (Å²) >= 11 is 0. The van der Waals surface area contributed by atoms with Crippen molar-refractivity contribution in [2.75, 3.05) is 20.2 Å². The normalized spacial score (nSPS) is 43.0. The van der Waals surface area contributed by atoms with Crippen molar-refractivity contribution in [2.45, 2.75) is 49.3 Å². The summed E-state index contributed by atoms with van der Waals surface area (Å²) in [5.74, 6) is 0.703. The summed E-state index contributed by atoms with van der Waals surface area (Å²) in [6.45, 7) is 7.44. The zero-order valence-corrected chi connectivity index (χ0v) is 17.0. The zero-order chi connectivity index (χ0) is 20.2. The Hall–Kier alpha value is -2.11. The van der Waals surface area contributed by atoms with Crippen LogP contribution < -0.4 is 4.74 Å². The van der Waals surface area contributed by atoms with Gasteiger partial charge in [-0.1, -0.05) is 24.3 Å². The molecule has 6 atom stereocenters. The van der Waals surface area contributed by atoms with Gasteiger partial charge in [-0.2, -0.15) is 0 Å². The number of aromatic hydroxyl groups is 1.